The molecule has 1 aliphatic heterocycles. The summed E-state index contributed by atoms with van der Waals surface area (Å²) in [5.41, 5.74) is 4.30. The second kappa shape index (κ2) is 7.50. The molecule has 4 rings (SSSR count). The van der Waals surface area contributed by atoms with Crippen molar-refractivity contribution in [2.45, 2.75) is 46.1 Å². The zero-order chi connectivity index (χ0) is 19.7. The van der Waals surface area contributed by atoms with Crippen LogP contribution in [0.2, 0.25) is 0 Å². The van der Waals surface area contributed by atoms with Gasteiger partial charge in [-0.2, -0.15) is 0 Å². The van der Waals surface area contributed by atoms with E-state index >= 15 is 0 Å². The monoisotopic (exact) mass is 377 g/mol. The number of carbonyl (C=O) groups excluding carboxylic acids is 1. The third-order valence-electron chi connectivity index (χ3n) is 5.14. The van der Waals surface area contributed by atoms with E-state index in [4.69, 9.17) is 4.52 Å². The zero-order valence-electron chi connectivity index (χ0n) is 16.3. The van der Waals surface area contributed by atoms with E-state index in [0.717, 1.165) is 53.4 Å². The SMILES string of the molecule is Cc1nc(-c2c(C)noc2C)cc([C@H]2CCCN2C(=O)Cc2cccnc2)n1. The maximum Gasteiger partial charge on any atom is 0.227 e. The molecule has 0 spiro atoms. The molecule has 1 saturated heterocycles. The lowest BCUT2D eigenvalue weighted by atomic mass is 10.1. The van der Waals surface area contributed by atoms with E-state index in [1.165, 1.54) is 0 Å². The minimum absolute atomic E-state index is 0.0370. The molecule has 0 bridgehead atoms. The lowest BCUT2D eigenvalue weighted by molar-refractivity contribution is -0.131. The quantitative estimate of drug-likeness (QED) is 0.693. The molecular weight excluding hydrogens is 354 g/mol. The summed E-state index contributed by atoms with van der Waals surface area (Å²) in [7, 11) is 0. The Morgan fingerprint density at radius 1 is 1.29 bits per heavy atom. The standard InChI is InChI=1S/C21H23N5O2/c1-13-21(14(2)28-25-13)18-11-17(23-15(3)24-18)19-7-5-9-26(19)20(27)10-16-6-4-8-22-12-16/h4,6,8,11-12,19H,5,7,9-10H2,1-3H3/t19-/m1/s1. The van der Waals surface area contributed by atoms with E-state index < -0.39 is 0 Å². The van der Waals surface area contributed by atoms with Crippen LogP contribution in [0.1, 0.15) is 47.4 Å². The van der Waals surface area contributed by atoms with Gasteiger partial charge in [-0.1, -0.05) is 11.2 Å². The number of aryl methyl sites for hydroxylation is 3. The molecule has 0 N–H and O–H groups in total. The molecule has 7 heteroatoms. The first-order valence-electron chi connectivity index (χ1n) is 9.50. The molecule has 0 saturated carbocycles. The first kappa shape index (κ1) is 18.3. The van der Waals surface area contributed by atoms with Crippen LogP contribution >= 0.6 is 0 Å². The Morgan fingerprint density at radius 3 is 2.86 bits per heavy atom. The summed E-state index contributed by atoms with van der Waals surface area (Å²) in [6.07, 6.45) is 5.68. The van der Waals surface area contributed by atoms with Gasteiger partial charge in [0.25, 0.3) is 0 Å². The summed E-state index contributed by atoms with van der Waals surface area (Å²) in [4.78, 5) is 28.2. The van der Waals surface area contributed by atoms with Gasteiger partial charge in [0.1, 0.15) is 11.6 Å². The molecule has 28 heavy (non-hydrogen) atoms. The van der Waals surface area contributed by atoms with Crippen molar-refractivity contribution in [1.82, 2.24) is 25.0 Å². The number of hydrogen-bond donors (Lipinski definition) is 0. The van der Waals surface area contributed by atoms with Gasteiger partial charge in [-0.3, -0.25) is 9.78 Å². The molecule has 1 amide bonds. The molecule has 3 aromatic rings. The van der Waals surface area contributed by atoms with Gasteiger partial charge in [0.05, 0.1) is 35.1 Å². The van der Waals surface area contributed by atoms with Gasteiger partial charge in [0.15, 0.2) is 0 Å². The Kier molecular flexibility index (Phi) is 4.90. The lowest BCUT2D eigenvalue weighted by Crippen LogP contribution is -2.32. The molecule has 3 aromatic heterocycles. The number of nitrogens with zero attached hydrogens (tertiary/aromatic N) is 5. The van der Waals surface area contributed by atoms with Crippen molar-refractivity contribution in [3.8, 4) is 11.3 Å². The second-order valence-corrected chi connectivity index (χ2v) is 7.21. The Bertz CT molecular complexity index is 980. The fraction of sp³-hybridized carbons (Fsp3) is 0.381. The third kappa shape index (κ3) is 3.52. The van der Waals surface area contributed by atoms with Crippen molar-refractivity contribution < 1.29 is 9.32 Å². The van der Waals surface area contributed by atoms with Crippen LogP contribution in [0.4, 0.5) is 0 Å². The third-order valence-corrected chi connectivity index (χ3v) is 5.14. The Labute approximate surface area is 163 Å². The number of rotatable bonds is 4. The second-order valence-electron chi connectivity index (χ2n) is 7.21. The van der Waals surface area contributed by atoms with Crippen molar-refractivity contribution in [2.24, 2.45) is 0 Å². The molecule has 0 radical (unpaired) electrons. The molecule has 7 nitrogen and oxygen atoms in total. The van der Waals surface area contributed by atoms with E-state index in [2.05, 4.69) is 20.1 Å². The highest BCUT2D eigenvalue weighted by atomic mass is 16.5. The van der Waals surface area contributed by atoms with E-state index in [9.17, 15) is 4.79 Å². The van der Waals surface area contributed by atoms with Gasteiger partial charge in [0.2, 0.25) is 5.91 Å². The molecule has 0 unspecified atom stereocenters. The van der Waals surface area contributed by atoms with Crippen LogP contribution in [0.3, 0.4) is 0 Å². The topological polar surface area (TPSA) is 85.0 Å². The van der Waals surface area contributed by atoms with Crippen molar-refractivity contribution >= 4 is 5.91 Å². The summed E-state index contributed by atoms with van der Waals surface area (Å²) in [5.74, 6) is 1.52. The first-order chi connectivity index (χ1) is 13.5. The van der Waals surface area contributed by atoms with Gasteiger partial charge in [-0.15, -0.1) is 0 Å². The smallest absolute Gasteiger partial charge is 0.227 e. The van der Waals surface area contributed by atoms with Crippen LogP contribution in [-0.2, 0) is 11.2 Å². The lowest BCUT2D eigenvalue weighted by Gasteiger charge is -2.25. The molecule has 1 fully saturated rings. The van der Waals surface area contributed by atoms with Gasteiger partial charge >= 0.3 is 0 Å². The first-order valence-corrected chi connectivity index (χ1v) is 9.50. The summed E-state index contributed by atoms with van der Waals surface area (Å²) in [6.45, 7) is 6.41. The van der Waals surface area contributed by atoms with Crippen molar-refractivity contribution in [3.05, 3.63) is 59.1 Å². The van der Waals surface area contributed by atoms with Crippen LogP contribution in [0.15, 0.2) is 35.1 Å². The minimum atomic E-state index is -0.0370. The highest BCUT2D eigenvalue weighted by molar-refractivity contribution is 5.79. The summed E-state index contributed by atoms with van der Waals surface area (Å²) >= 11 is 0. The maximum atomic E-state index is 12.9. The van der Waals surface area contributed by atoms with E-state index in [0.29, 0.717) is 12.2 Å². The van der Waals surface area contributed by atoms with Crippen molar-refractivity contribution in [3.63, 3.8) is 0 Å². The van der Waals surface area contributed by atoms with Crippen LogP contribution in [0.5, 0.6) is 0 Å². The van der Waals surface area contributed by atoms with Crippen LogP contribution in [-0.4, -0.2) is 37.5 Å². The number of carbonyl (C=O) groups is 1. The summed E-state index contributed by atoms with van der Waals surface area (Å²) < 4.78 is 5.30. The average Bonchev–Trinajstić information content (AvgIpc) is 3.29. The molecule has 0 aliphatic carbocycles. The number of aromatic nitrogens is 4. The Balaban J connectivity index is 1.63. The number of amides is 1. The highest BCUT2D eigenvalue weighted by Crippen LogP contribution is 2.34. The number of likely N-dealkylation sites (tertiary alicyclic amines) is 1. The van der Waals surface area contributed by atoms with E-state index in [1.54, 1.807) is 12.4 Å². The van der Waals surface area contributed by atoms with Crippen molar-refractivity contribution in [2.75, 3.05) is 6.54 Å². The minimum Gasteiger partial charge on any atom is -0.361 e. The van der Waals surface area contributed by atoms with E-state index in [1.807, 2.05) is 43.9 Å². The average molecular weight is 377 g/mol. The van der Waals surface area contributed by atoms with E-state index in [-0.39, 0.29) is 11.9 Å². The number of hydrogen-bond acceptors (Lipinski definition) is 6. The van der Waals surface area contributed by atoms with Crippen molar-refractivity contribution in [1.29, 1.82) is 0 Å². The fourth-order valence-corrected chi connectivity index (χ4v) is 3.89. The zero-order valence-corrected chi connectivity index (χ0v) is 16.3. The van der Waals surface area contributed by atoms with Crippen LogP contribution in [0, 0.1) is 20.8 Å². The molecule has 144 valence electrons. The summed E-state index contributed by atoms with van der Waals surface area (Å²) in [5, 5.41) is 4.03. The normalized spacial score (nSPS) is 16.5. The molecule has 0 aromatic carbocycles. The highest BCUT2D eigenvalue weighted by Gasteiger charge is 2.31. The van der Waals surface area contributed by atoms with Crippen LogP contribution in [0.25, 0.3) is 11.3 Å². The Morgan fingerprint density at radius 2 is 2.14 bits per heavy atom. The molecule has 1 aliphatic rings. The van der Waals surface area contributed by atoms with Gasteiger partial charge in [-0.05, 0) is 51.3 Å². The molecule has 4 heterocycles. The molecular formula is C21H23N5O2. The molecule has 1 atom stereocenters. The predicted octanol–water partition coefficient (Wildman–Crippen LogP) is 3.36. The Hall–Kier alpha value is -3.09. The van der Waals surface area contributed by atoms with Gasteiger partial charge in [-0.25, -0.2) is 9.97 Å². The largest absolute Gasteiger partial charge is 0.361 e. The number of pyridine rings is 1. The van der Waals surface area contributed by atoms with Gasteiger partial charge in [0, 0.05) is 18.9 Å². The summed E-state index contributed by atoms with van der Waals surface area (Å²) in [6, 6.07) is 5.72. The fourth-order valence-electron chi connectivity index (χ4n) is 3.89. The predicted molar refractivity (Wildman–Crippen MR) is 103 cm³/mol. The maximum absolute atomic E-state index is 12.9. The van der Waals surface area contributed by atoms with Crippen LogP contribution < -0.4 is 0 Å². The van der Waals surface area contributed by atoms with Gasteiger partial charge < -0.3 is 9.42 Å².